The number of carbonyl (C=O) groups is 1. The summed E-state index contributed by atoms with van der Waals surface area (Å²) in [6.07, 6.45) is 4.39. The predicted octanol–water partition coefficient (Wildman–Crippen LogP) is 3.36. The number of amides is 1. The highest BCUT2D eigenvalue weighted by molar-refractivity contribution is 5.87. The van der Waals surface area contributed by atoms with E-state index in [1.165, 1.54) is 6.42 Å². The van der Waals surface area contributed by atoms with Gasteiger partial charge in [0.05, 0.1) is 0 Å². The molecule has 1 saturated carbocycles. The van der Waals surface area contributed by atoms with Crippen molar-refractivity contribution in [3.8, 4) is 5.75 Å². The number of aryl methyl sites for hydroxylation is 1. The summed E-state index contributed by atoms with van der Waals surface area (Å²) in [6, 6.07) is 5.84. The molecule has 1 N–H and O–H groups in total. The zero-order valence-corrected chi connectivity index (χ0v) is 13.1. The smallest absolute Gasteiger partial charge is 0.277 e. The number of hydrogen-bond donors (Lipinski definition) is 1. The third kappa shape index (κ3) is 4.59. The Morgan fingerprint density at radius 1 is 1.43 bits per heavy atom. The second kappa shape index (κ2) is 7.25. The van der Waals surface area contributed by atoms with Crippen molar-refractivity contribution in [2.24, 2.45) is 11.0 Å². The molecule has 0 saturated heterocycles. The standard InChI is InChI=1S/C17H24N2O2/c1-12-6-4-8-15(10-12)18-19-17(20)11-21-16-9-5-7-13(2)14(16)3/h5,7,9,12H,4,6,8,10-11H2,1-3H3,(H,19,20)/b18-15+. The molecule has 1 aromatic rings. The Bertz CT molecular complexity index is 538. The van der Waals surface area contributed by atoms with Crippen molar-refractivity contribution in [3.05, 3.63) is 29.3 Å². The van der Waals surface area contributed by atoms with Crippen LogP contribution in [0.3, 0.4) is 0 Å². The van der Waals surface area contributed by atoms with Crippen LogP contribution in [0.15, 0.2) is 23.3 Å². The van der Waals surface area contributed by atoms with Gasteiger partial charge in [-0.15, -0.1) is 0 Å². The molecule has 0 aliphatic heterocycles. The van der Waals surface area contributed by atoms with E-state index < -0.39 is 0 Å². The Morgan fingerprint density at radius 2 is 2.24 bits per heavy atom. The van der Waals surface area contributed by atoms with Gasteiger partial charge in [-0.05, 0) is 62.6 Å². The third-order valence-corrected chi connectivity index (χ3v) is 4.00. The highest BCUT2D eigenvalue weighted by Crippen LogP contribution is 2.21. The second-order valence-electron chi connectivity index (χ2n) is 5.90. The molecule has 1 atom stereocenters. The van der Waals surface area contributed by atoms with Crippen LogP contribution in [-0.2, 0) is 4.79 Å². The van der Waals surface area contributed by atoms with Crippen LogP contribution in [0.4, 0.5) is 0 Å². The average molecular weight is 288 g/mol. The molecule has 1 aliphatic rings. The minimum absolute atomic E-state index is 0.00335. The summed E-state index contributed by atoms with van der Waals surface area (Å²) in [4.78, 5) is 11.8. The van der Waals surface area contributed by atoms with Gasteiger partial charge in [-0.25, -0.2) is 5.43 Å². The van der Waals surface area contributed by atoms with Gasteiger partial charge in [-0.2, -0.15) is 5.10 Å². The topological polar surface area (TPSA) is 50.7 Å². The fraction of sp³-hybridized carbons (Fsp3) is 0.529. The molecule has 0 bridgehead atoms. The van der Waals surface area contributed by atoms with Crippen molar-refractivity contribution in [1.82, 2.24) is 5.43 Å². The van der Waals surface area contributed by atoms with Crippen molar-refractivity contribution >= 4 is 11.6 Å². The van der Waals surface area contributed by atoms with Crippen LogP contribution in [-0.4, -0.2) is 18.2 Å². The lowest BCUT2D eigenvalue weighted by molar-refractivity contribution is -0.123. The van der Waals surface area contributed by atoms with Gasteiger partial charge in [0.25, 0.3) is 5.91 Å². The molecule has 0 heterocycles. The SMILES string of the molecule is Cc1cccc(OCC(=O)N/N=C2\CCCC(C)C2)c1C. The van der Waals surface area contributed by atoms with Crippen LogP contribution in [0, 0.1) is 19.8 Å². The maximum atomic E-state index is 11.8. The molecule has 2 rings (SSSR count). The molecule has 0 spiro atoms. The summed E-state index contributed by atoms with van der Waals surface area (Å²) >= 11 is 0. The van der Waals surface area contributed by atoms with E-state index in [9.17, 15) is 4.79 Å². The summed E-state index contributed by atoms with van der Waals surface area (Å²) in [5.74, 6) is 1.21. The molecule has 0 aromatic heterocycles. The summed E-state index contributed by atoms with van der Waals surface area (Å²) < 4.78 is 5.56. The molecule has 1 amide bonds. The first-order valence-electron chi connectivity index (χ1n) is 7.59. The lowest BCUT2D eigenvalue weighted by atomic mass is 9.89. The summed E-state index contributed by atoms with van der Waals surface area (Å²) in [7, 11) is 0. The normalized spacial score (nSPS) is 20.3. The van der Waals surface area contributed by atoms with Crippen LogP contribution in [0.5, 0.6) is 5.75 Å². The highest BCUT2D eigenvalue weighted by Gasteiger charge is 2.14. The lowest BCUT2D eigenvalue weighted by Gasteiger charge is -2.19. The number of hydrazone groups is 1. The number of carbonyl (C=O) groups excluding carboxylic acids is 1. The van der Waals surface area contributed by atoms with Gasteiger partial charge < -0.3 is 4.74 Å². The monoisotopic (exact) mass is 288 g/mol. The van der Waals surface area contributed by atoms with Gasteiger partial charge >= 0.3 is 0 Å². The maximum absolute atomic E-state index is 11.8. The molecular formula is C17H24N2O2. The molecule has 1 unspecified atom stereocenters. The number of ether oxygens (including phenoxy) is 1. The van der Waals surface area contributed by atoms with Gasteiger partial charge in [0.1, 0.15) is 5.75 Å². The average Bonchev–Trinajstić information content (AvgIpc) is 2.47. The van der Waals surface area contributed by atoms with Gasteiger partial charge in [0.2, 0.25) is 0 Å². The van der Waals surface area contributed by atoms with E-state index in [0.717, 1.165) is 41.9 Å². The van der Waals surface area contributed by atoms with Crippen molar-refractivity contribution < 1.29 is 9.53 Å². The quantitative estimate of drug-likeness (QED) is 0.864. The maximum Gasteiger partial charge on any atom is 0.277 e. The van der Waals surface area contributed by atoms with Crippen LogP contribution >= 0.6 is 0 Å². The second-order valence-corrected chi connectivity index (χ2v) is 5.90. The predicted molar refractivity (Wildman–Crippen MR) is 84.6 cm³/mol. The van der Waals surface area contributed by atoms with Gasteiger partial charge in [-0.1, -0.05) is 19.1 Å². The molecule has 4 heteroatoms. The molecule has 0 radical (unpaired) electrons. The van der Waals surface area contributed by atoms with Crippen LogP contribution < -0.4 is 10.2 Å². The van der Waals surface area contributed by atoms with E-state index in [1.54, 1.807) is 0 Å². The van der Waals surface area contributed by atoms with Gasteiger partial charge in [0.15, 0.2) is 6.61 Å². The van der Waals surface area contributed by atoms with Crippen molar-refractivity contribution in [1.29, 1.82) is 0 Å². The van der Waals surface area contributed by atoms with Gasteiger partial charge in [0, 0.05) is 5.71 Å². The molecule has 1 aromatic carbocycles. The van der Waals surface area contributed by atoms with Crippen molar-refractivity contribution in [2.45, 2.75) is 46.5 Å². The van der Waals surface area contributed by atoms with Crippen LogP contribution in [0.1, 0.15) is 43.7 Å². The number of hydrogen-bond acceptors (Lipinski definition) is 3. The first-order chi connectivity index (χ1) is 10.1. The first-order valence-corrected chi connectivity index (χ1v) is 7.59. The molecule has 114 valence electrons. The van der Waals surface area contributed by atoms with Crippen LogP contribution in [0.25, 0.3) is 0 Å². The van der Waals surface area contributed by atoms with E-state index in [1.807, 2.05) is 32.0 Å². The van der Waals surface area contributed by atoms with E-state index in [2.05, 4.69) is 17.5 Å². The number of nitrogens with one attached hydrogen (secondary N) is 1. The summed E-state index contributed by atoms with van der Waals surface area (Å²) in [5, 5.41) is 4.22. The van der Waals surface area contributed by atoms with E-state index in [4.69, 9.17) is 4.74 Å². The number of rotatable bonds is 4. The Kier molecular flexibility index (Phi) is 5.37. The number of benzene rings is 1. The first kappa shape index (κ1) is 15.5. The molecule has 1 aliphatic carbocycles. The summed E-state index contributed by atoms with van der Waals surface area (Å²) in [6.45, 7) is 6.24. The minimum Gasteiger partial charge on any atom is -0.483 e. The Hall–Kier alpha value is -1.84. The largest absolute Gasteiger partial charge is 0.483 e. The van der Waals surface area contributed by atoms with Gasteiger partial charge in [-0.3, -0.25) is 4.79 Å². The van der Waals surface area contributed by atoms with E-state index in [0.29, 0.717) is 5.92 Å². The Balaban J connectivity index is 1.82. The fourth-order valence-corrected chi connectivity index (χ4v) is 2.56. The Morgan fingerprint density at radius 3 is 3.00 bits per heavy atom. The summed E-state index contributed by atoms with van der Waals surface area (Å²) in [5.41, 5.74) is 5.92. The molecule has 4 nitrogen and oxygen atoms in total. The van der Waals surface area contributed by atoms with Crippen LogP contribution in [0.2, 0.25) is 0 Å². The highest BCUT2D eigenvalue weighted by atomic mass is 16.5. The molecular weight excluding hydrogens is 264 g/mol. The fourth-order valence-electron chi connectivity index (χ4n) is 2.56. The van der Waals surface area contributed by atoms with Crippen molar-refractivity contribution in [2.75, 3.05) is 6.61 Å². The minimum atomic E-state index is -0.207. The zero-order valence-electron chi connectivity index (χ0n) is 13.1. The molecule has 21 heavy (non-hydrogen) atoms. The molecule has 1 fully saturated rings. The van der Waals surface area contributed by atoms with E-state index >= 15 is 0 Å². The Labute approximate surface area is 126 Å². The van der Waals surface area contributed by atoms with Crippen molar-refractivity contribution in [3.63, 3.8) is 0 Å². The zero-order chi connectivity index (χ0) is 15.2. The third-order valence-electron chi connectivity index (χ3n) is 4.00. The lowest BCUT2D eigenvalue weighted by Crippen LogP contribution is -2.27. The number of nitrogens with zero attached hydrogens (tertiary/aromatic N) is 1. The van der Waals surface area contributed by atoms with E-state index in [-0.39, 0.29) is 12.5 Å².